The zero-order valence-electron chi connectivity index (χ0n) is 15.3. The van der Waals surface area contributed by atoms with Crippen molar-refractivity contribution in [1.29, 1.82) is 0 Å². The van der Waals surface area contributed by atoms with E-state index in [1.807, 2.05) is 13.8 Å². The minimum Gasteiger partial charge on any atom is -0.465 e. The molecule has 0 saturated heterocycles. The van der Waals surface area contributed by atoms with Gasteiger partial charge >= 0.3 is 5.97 Å². The van der Waals surface area contributed by atoms with Crippen LogP contribution < -0.4 is 15.8 Å². The van der Waals surface area contributed by atoms with Crippen LogP contribution in [0.15, 0.2) is 47.0 Å². The second kappa shape index (κ2) is 5.45. The largest absolute Gasteiger partial charge is 0.465 e. The molecule has 0 radical (unpaired) electrons. The van der Waals surface area contributed by atoms with E-state index >= 15 is 0 Å². The summed E-state index contributed by atoms with van der Waals surface area (Å²) in [7, 11) is 1.20. The number of ketones is 1. The molecule has 1 aromatic rings. The number of rotatable bonds is 1. The van der Waals surface area contributed by atoms with Gasteiger partial charge in [0.15, 0.2) is 5.78 Å². The first-order valence-electron chi connectivity index (χ1n) is 8.66. The molecule has 4 rings (SSSR count). The Balaban J connectivity index is 2.09. The zero-order chi connectivity index (χ0) is 19.6. The average molecular weight is 368 g/mol. The molecule has 1 spiro atoms. The molecular weight excluding hydrogens is 348 g/mol. The van der Waals surface area contributed by atoms with Crippen LogP contribution in [0.2, 0.25) is 0 Å². The van der Waals surface area contributed by atoms with Crippen LogP contribution in [0.4, 0.5) is 0 Å². The lowest BCUT2D eigenvalue weighted by molar-refractivity contribution is -0.139. The van der Waals surface area contributed by atoms with Gasteiger partial charge in [-0.3, -0.25) is 9.59 Å². The molecule has 2 heterocycles. The number of carbonyl (C=O) groups is 3. The van der Waals surface area contributed by atoms with Gasteiger partial charge < -0.3 is 20.5 Å². The quantitative estimate of drug-likeness (QED) is 0.726. The van der Waals surface area contributed by atoms with Gasteiger partial charge in [0.1, 0.15) is 16.7 Å². The van der Waals surface area contributed by atoms with Crippen molar-refractivity contribution >= 4 is 17.7 Å². The summed E-state index contributed by atoms with van der Waals surface area (Å²) >= 11 is 0. The maximum atomic E-state index is 13.4. The van der Waals surface area contributed by atoms with Gasteiger partial charge in [0.05, 0.1) is 7.11 Å². The Bertz CT molecular complexity index is 972. The summed E-state index contributed by atoms with van der Waals surface area (Å²) in [6.07, 6.45) is 0.777. The molecule has 1 aromatic carbocycles. The van der Waals surface area contributed by atoms with Gasteiger partial charge in [0.25, 0.3) is 0 Å². The van der Waals surface area contributed by atoms with Crippen LogP contribution in [0, 0.1) is 5.41 Å². The van der Waals surface area contributed by atoms with Gasteiger partial charge in [-0.1, -0.05) is 32.0 Å². The maximum absolute atomic E-state index is 13.4. The van der Waals surface area contributed by atoms with Crippen LogP contribution in [-0.4, -0.2) is 24.8 Å². The van der Waals surface area contributed by atoms with Crippen molar-refractivity contribution in [2.75, 3.05) is 7.11 Å². The smallest absolute Gasteiger partial charge is 0.340 e. The summed E-state index contributed by atoms with van der Waals surface area (Å²) in [5.74, 6) is -1.38. The van der Waals surface area contributed by atoms with Gasteiger partial charge in [-0.05, 0) is 17.9 Å². The van der Waals surface area contributed by atoms with E-state index in [-0.39, 0.29) is 34.6 Å². The fraction of sp³-hybridized carbons (Fsp3) is 0.350. The average Bonchev–Trinajstić information content (AvgIpc) is 2.86. The molecule has 1 amide bonds. The number of carbonyl (C=O) groups excluding carboxylic acids is 3. The molecule has 0 bridgehead atoms. The van der Waals surface area contributed by atoms with Crippen molar-refractivity contribution in [1.82, 2.24) is 5.32 Å². The number of nitrogens with two attached hydrogens (primary N) is 1. The summed E-state index contributed by atoms with van der Waals surface area (Å²) in [5.41, 5.74) is 5.16. The number of amides is 1. The van der Waals surface area contributed by atoms with E-state index in [0.717, 1.165) is 0 Å². The maximum Gasteiger partial charge on any atom is 0.340 e. The van der Waals surface area contributed by atoms with E-state index < -0.39 is 17.3 Å². The molecule has 0 unspecified atom stereocenters. The van der Waals surface area contributed by atoms with Gasteiger partial charge in [-0.25, -0.2) is 4.79 Å². The lowest BCUT2D eigenvalue weighted by atomic mass is 9.63. The number of Topliss-reactive ketones (excluding diaryl/α,β-unsaturated/α-hetero) is 1. The highest BCUT2D eigenvalue weighted by molar-refractivity contribution is 6.19. The lowest BCUT2D eigenvalue weighted by Crippen LogP contribution is -2.48. The van der Waals surface area contributed by atoms with Crippen molar-refractivity contribution in [2.24, 2.45) is 11.1 Å². The minimum absolute atomic E-state index is 0.153. The first kappa shape index (κ1) is 17.3. The highest BCUT2D eigenvalue weighted by Crippen LogP contribution is 2.55. The van der Waals surface area contributed by atoms with Crippen molar-refractivity contribution in [2.45, 2.75) is 32.1 Å². The van der Waals surface area contributed by atoms with Crippen LogP contribution >= 0.6 is 0 Å². The number of nitrogens with one attached hydrogen (secondary N) is 1. The first-order chi connectivity index (χ1) is 12.7. The number of ether oxygens (including phenoxy) is 2. The third kappa shape index (κ3) is 2.17. The number of benzene rings is 1. The normalized spacial score (nSPS) is 25.7. The van der Waals surface area contributed by atoms with Gasteiger partial charge in [0, 0.05) is 23.3 Å². The minimum atomic E-state index is -1.66. The van der Waals surface area contributed by atoms with Crippen LogP contribution in [0.5, 0.6) is 5.75 Å². The van der Waals surface area contributed by atoms with Gasteiger partial charge in [-0.2, -0.15) is 0 Å². The Morgan fingerprint density at radius 3 is 2.63 bits per heavy atom. The van der Waals surface area contributed by atoms with Gasteiger partial charge in [-0.15, -0.1) is 0 Å². The van der Waals surface area contributed by atoms with E-state index in [4.69, 9.17) is 15.2 Å². The number of fused-ring (bicyclic) bond motifs is 3. The van der Waals surface area contributed by atoms with Crippen LogP contribution in [0.3, 0.4) is 0 Å². The molecule has 2 aliphatic heterocycles. The molecule has 3 N–H and O–H groups in total. The first-order valence-corrected chi connectivity index (χ1v) is 8.66. The third-order valence-electron chi connectivity index (χ3n) is 5.38. The molecular formula is C20H20N2O5. The molecule has 7 heteroatoms. The van der Waals surface area contributed by atoms with Crippen molar-refractivity contribution in [3.05, 3.63) is 52.6 Å². The molecule has 1 aliphatic carbocycles. The fourth-order valence-electron chi connectivity index (χ4n) is 4.41. The van der Waals surface area contributed by atoms with Crippen molar-refractivity contribution in [3.63, 3.8) is 0 Å². The standard InChI is InChI=1S/C20H20N2O5/c1-19(2)8-11-14(12(23)9-19)20(18(25)22-11)10-6-4-5-7-13(10)27-16(21)15(20)17(24)26-3/h4-7H,8-9,21H2,1-3H3,(H,22,25)/t20-/m1/s1. The number of esters is 1. The fourth-order valence-corrected chi connectivity index (χ4v) is 4.41. The topological polar surface area (TPSA) is 108 Å². The van der Waals surface area contributed by atoms with E-state index in [1.54, 1.807) is 24.3 Å². The third-order valence-corrected chi connectivity index (χ3v) is 5.38. The molecule has 0 saturated carbocycles. The van der Waals surface area contributed by atoms with E-state index in [0.29, 0.717) is 23.4 Å². The number of hydrogen-bond acceptors (Lipinski definition) is 6. The highest BCUT2D eigenvalue weighted by atomic mass is 16.5. The lowest BCUT2D eigenvalue weighted by Gasteiger charge is -2.38. The monoisotopic (exact) mass is 368 g/mol. The second-order valence-corrected chi connectivity index (χ2v) is 7.83. The molecule has 1 atom stereocenters. The number of allylic oxidation sites excluding steroid dienone is 1. The molecule has 7 nitrogen and oxygen atoms in total. The van der Waals surface area contributed by atoms with Crippen LogP contribution in [-0.2, 0) is 24.5 Å². The predicted molar refractivity (Wildman–Crippen MR) is 95.2 cm³/mol. The molecule has 27 heavy (non-hydrogen) atoms. The molecule has 0 fully saturated rings. The van der Waals surface area contributed by atoms with Crippen LogP contribution in [0.1, 0.15) is 32.3 Å². The number of methoxy groups -OCH3 is 1. The Morgan fingerprint density at radius 1 is 1.22 bits per heavy atom. The summed E-state index contributed by atoms with van der Waals surface area (Å²) in [6, 6.07) is 6.79. The summed E-state index contributed by atoms with van der Waals surface area (Å²) in [5, 5.41) is 2.84. The van der Waals surface area contributed by atoms with Crippen LogP contribution in [0.25, 0.3) is 0 Å². The number of para-hydroxylation sites is 1. The highest BCUT2D eigenvalue weighted by Gasteiger charge is 2.62. The van der Waals surface area contributed by atoms with Crippen molar-refractivity contribution in [3.8, 4) is 5.75 Å². The van der Waals surface area contributed by atoms with E-state index in [9.17, 15) is 14.4 Å². The Labute approximate surface area is 156 Å². The van der Waals surface area contributed by atoms with E-state index in [2.05, 4.69) is 5.32 Å². The summed E-state index contributed by atoms with van der Waals surface area (Å²) in [4.78, 5) is 39.2. The molecule has 140 valence electrons. The van der Waals surface area contributed by atoms with Crippen molar-refractivity contribution < 1.29 is 23.9 Å². The molecule has 0 aromatic heterocycles. The summed E-state index contributed by atoms with van der Waals surface area (Å²) in [6.45, 7) is 3.93. The zero-order valence-corrected chi connectivity index (χ0v) is 15.3. The Kier molecular flexibility index (Phi) is 3.50. The molecule has 3 aliphatic rings. The second-order valence-electron chi connectivity index (χ2n) is 7.83. The van der Waals surface area contributed by atoms with Gasteiger partial charge in [0.2, 0.25) is 11.8 Å². The van der Waals surface area contributed by atoms with E-state index in [1.165, 1.54) is 7.11 Å². The SMILES string of the molecule is COC(=O)C1=C(N)Oc2ccccc2[C@]12C(=O)NC1=C2C(=O)CC(C)(C)C1. The predicted octanol–water partition coefficient (Wildman–Crippen LogP) is 1.43. The Morgan fingerprint density at radius 2 is 1.93 bits per heavy atom. The number of hydrogen-bond donors (Lipinski definition) is 2. The Hall–Kier alpha value is -3.09. The summed E-state index contributed by atoms with van der Waals surface area (Å²) < 4.78 is 10.5.